The molecule has 0 aromatic carbocycles. The SMILES string of the molecule is CCCN(CCC)N(N(C)C)N(CCC)CCCS(=O)(=O)O. The Morgan fingerprint density at radius 2 is 1.23 bits per heavy atom. The summed E-state index contributed by atoms with van der Waals surface area (Å²) in [6, 6.07) is 0. The summed E-state index contributed by atoms with van der Waals surface area (Å²) in [7, 11) is 0.0859. The average Bonchev–Trinajstić information content (AvgIpc) is 2.37. The number of nitrogens with zero attached hydrogens (tertiary/aromatic N) is 4. The number of hydrazine groups is 3. The van der Waals surface area contributed by atoms with E-state index in [4.69, 9.17) is 4.55 Å². The van der Waals surface area contributed by atoms with Crippen LogP contribution in [0, 0.1) is 0 Å². The molecule has 0 heterocycles. The second-order valence-electron chi connectivity index (χ2n) is 5.66. The number of hydrogen-bond donors (Lipinski definition) is 1. The molecule has 0 aromatic rings. The molecule has 0 unspecified atom stereocenters. The zero-order valence-electron chi connectivity index (χ0n) is 14.8. The summed E-state index contributed by atoms with van der Waals surface area (Å²) >= 11 is 0. The van der Waals surface area contributed by atoms with Gasteiger partial charge in [-0.25, -0.2) is 15.0 Å². The molecule has 0 radical (unpaired) electrons. The van der Waals surface area contributed by atoms with E-state index in [0.717, 1.165) is 38.9 Å². The van der Waals surface area contributed by atoms with Crippen molar-refractivity contribution < 1.29 is 13.0 Å². The van der Waals surface area contributed by atoms with Gasteiger partial charge in [-0.15, -0.1) is 5.23 Å². The lowest BCUT2D eigenvalue weighted by Gasteiger charge is -2.45. The van der Waals surface area contributed by atoms with E-state index in [0.29, 0.717) is 13.0 Å². The highest BCUT2D eigenvalue weighted by molar-refractivity contribution is 7.85. The van der Waals surface area contributed by atoms with Crippen molar-refractivity contribution in [3.63, 3.8) is 0 Å². The van der Waals surface area contributed by atoms with Crippen molar-refractivity contribution in [2.45, 2.75) is 46.5 Å². The normalized spacial score (nSPS) is 13.0. The van der Waals surface area contributed by atoms with Crippen molar-refractivity contribution in [3.8, 4) is 0 Å². The summed E-state index contributed by atoms with van der Waals surface area (Å²) in [5.74, 6) is -0.198. The molecule has 7 nitrogen and oxygen atoms in total. The number of hydrogen-bond acceptors (Lipinski definition) is 6. The summed E-state index contributed by atoms with van der Waals surface area (Å²) < 4.78 is 30.7. The maximum atomic E-state index is 10.9. The first-order valence-corrected chi connectivity index (χ1v) is 9.79. The first-order chi connectivity index (χ1) is 10.3. The van der Waals surface area contributed by atoms with E-state index in [1.54, 1.807) is 0 Å². The Hall–Kier alpha value is -0.250. The molecule has 8 heteroatoms. The standard InChI is InChI=1S/C14H34N4O3S/c1-6-10-16(11-7-2)18(15(4)5)17(12-8-3)13-9-14-22(19,20)21/h6-14H2,1-5H3,(H,19,20,21). The average molecular weight is 339 g/mol. The summed E-state index contributed by atoms with van der Waals surface area (Å²) in [5.41, 5.74) is 0. The van der Waals surface area contributed by atoms with Gasteiger partial charge in [0.15, 0.2) is 0 Å². The molecule has 0 atom stereocenters. The highest BCUT2D eigenvalue weighted by Gasteiger charge is 2.23. The van der Waals surface area contributed by atoms with Crippen LogP contribution in [0.3, 0.4) is 0 Å². The Bertz CT molecular complexity index is 370. The molecule has 0 fully saturated rings. The van der Waals surface area contributed by atoms with Gasteiger partial charge in [0.05, 0.1) is 5.75 Å². The Kier molecular flexibility index (Phi) is 11.2. The van der Waals surface area contributed by atoms with Crippen LogP contribution in [0.15, 0.2) is 0 Å². The van der Waals surface area contributed by atoms with Gasteiger partial charge in [0.1, 0.15) is 0 Å². The van der Waals surface area contributed by atoms with Crippen LogP contribution in [0.4, 0.5) is 0 Å². The van der Waals surface area contributed by atoms with Gasteiger partial charge in [0.2, 0.25) is 0 Å². The lowest BCUT2D eigenvalue weighted by molar-refractivity contribution is -0.292. The van der Waals surface area contributed by atoms with Crippen molar-refractivity contribution in [1.82, 2.24) is 20.3 Å². The second-order valence-corrected chi connectivity index (χ2v) is 7.23. The first kappa shape index (κ1) is 21.8. The molecule has 0 amide bonds. The zero-order valence-corrected chi connectivity index (χ0v) is 15.6. The lowest BCUT2D eigenvalue weighted by Crippen LogP contribution is -2.60. The summed E-state index contributed by atoms with van der Waals surface area (Å²) in [4.78, 5) is 0. The largest absolute Gasteiger partial charge is 0.286 e. The summed E-state index contributed by atoms with van der Waals surface area (Å²) in [5, 5.41) is 8.56. The summed E-state index contributed by atoms with van der Waals surface area (Å²) in [6.07, 6.45) is 3.49. The van der Waals surface area contributed by atoms with Crippen LogP contribution >= 0.6 is 0 Å². The highest BCUT2D eigenvalue weighted by Crippen LogP contribution is 2.10. The molecule has 0 aliphatic heterocycles. The van der Waals surface area contributed by atoms with E-state index in [9.17, 15) is 8.42 Å². The van der Waals surface area contributed by atoms with Crippen LogP contribution in [0.2, 0.25) is 0 Å². The van der Waals surface area contributed by atoms with Crippen LogP contribution in [0.25, 0.3) is 0 Å². The van der Waals surface area contributed by atoms with Crippen molar-refractivity contribution in [3.05, 3.63) is 0 Å². The van der Waals surface area contributed by atoms with E-state index >= 15 is 0 Å². The molecule has 1 N–H and O–H groups in total. The van der Waals surface area contributed by atoms with Crippen LogP contribution in [0.5, 0.6) is 0 Å². The van der Waals surface area contributed by atoms with Crippen LogP contribution < -0.4 is 0 Å². The monoisotopic (exact) mass is 338 g/mol. The topological polar surface area (TPSA) is 67.3 Å². The highest BCUT2D eigenvalue weighted by atomic mass is 32.2. The smallest absolute Gasteiger partial charge is 0.264 e. The number of rotatable bonds is 13. The van der Waals surface area contributed by atoms with Crippen LogP contribution in [-0.2, 0) is 10.1 Å². The second kappa shape index (κ2) is 11.3. The first-order valence-electron chi connectivity index (χ1n) is 8.19. The Balaban J connectivity index is 4.97. The zero-order chi connectivity index (χ0) is 17.2. The van der Waals surface area contributed by atoms with Gasteiger partial charge < -0.3 is 0 Å². The Morgan fingerprint density at radius 1 is 0.818 bits per heavy atom. The molecule has 0 rings (SSSR count). The fraction of sp³-hybridized carbons (Fsp3) is 1.00. The van der Waals surface area contributed by atoms with Crippen molar-refractivity contribution in [2.75, 3.05) is 46.0 Å². The third kappa shape index (κ3) is 9.02. The molecule has 0 aromatic heterocycles. The summed E-state index contributed by atoms with van der Waals surface area (Å²) in [6.45, 7) is 9.74. The maximum absolute atomic E-state index is 10.9. The molecule has 134 valence electrons. The van der Waals surface area contributed by atoms with Gasteiger partial charge in [-0.2, -0.15) is 8.42 Å². The maximum Gasteiger partial charge on any atom is 0.264 e. The van der Waals surface area contributed by atoms with Crippen molar-refractivity contribution >= 4 is 10.1 Å². The Morgan fingerprint density at radius 3 is 1.55 bits per heavy atom. The predicted molar refractivity (Wildman–Crippen MR) is 90.6 cm³/mol. The van der Waals surface area contributed by atoms with Crippen molar-refractivity contribution in [2.24, 2.45) is 0 Å². The molecular formula is C14H34N4O3S. The van der Waals surface area contributed by atoms with Gasteiger partial charge in [-0.1, -0.05) is 20.8 Å². The minimum Gasteiger partial charge on any atom is -0.286 e. The molecule has 0 saturated carbocycles. The molecule has 0 aliphatic carbocycles. The van der Waals surface area contributed by atoms with Gasteiger partial charge in [0.25, 0.3) is 10.1 Å². The molecular weight excluding hydrogens is 304 g/mol. The van der Waals surface area contributed by atoms with Gasteiger partial charge in [-0.05, 0) is 25.7 Å². The van der Waals surface area contributed by atoms with E-state index in [1.807, 2.05) is 19.1 Å². The molecule has 0 aliphatic rings. The molecule has 0 bridgehead atoms. The van der Waals surface area contributed by atoms with E-state index in [1.165, 1.54) is 0 Å². The minimum atomic E-state index is -3.89. The fourth-order valence-corrected chi connectivity index (χ4v) is 2.96. The fourth-order valence-electron chi connectivity index (χ4n) is 2.47. The third-order valence-corrected chi connectivity index (χ3v) is 3.93. The Labute approximate surface area is 136 Å². The van der Waals surface area contributed by atoms with Gasteiger partial charge >= 0.3 is 0 Å². The third-order valence-electron chi connectivity index (χ3n) is 3.13. The quantitative estimate of drug-likeness (QED) is 0.405. The predicted octanol–water partition coefficient (Wildman–Crippen LogP) is 1.71. The minimum absolute atomic E-state index is 0.198. The molecule has 0 saturated heterocycles. The van der Waals surface area contributed by atoms with E-state index < -0.39 is 10.1 Å². The lowest BCUT2D eigenvalue weighted by atomic mass is 10.4. The van der Waals surface area contributed by atoms with E-state index in [2.05, 4.69) is 36.0 Å². The van der Waals surface area contributed by atoms with Crippen LogP contribution in [-0.4, -0.2) is 79.3 Å². The molecule has 22 heavy (non-hydrogen) atoms. The van der Waals surface area contributed by atoms with Gasteiger partial charge in [-0.3, -0.25) is 4.55 Å². The molecule has 0 spiro atoms. The van der Waals surface area contributed by atoms with Gasteiger partial charge in [0, 0.05) is 40.3 Å². The van der Waals surface area contributed by atoms with E-state index in [-0.39, 0.29) is 5.75 Å². The van der Waals surface area contributed by atoms with Crippen molar-refractivity contribution in [1.29, 1.82) is 0 Å². The van der Waals surface area contributed by atoms with Crippen LogP contribution in [0.1, 0.15) is 46.5 Å².